The van der Waals surface area contributed by atoms with Gasteiger partial charge in [-0.1, -0.05) is 47.6 Å². The Bertz CT molecular complexity index is 972. The number of benzene rings is 2. The molecule has 7 heteroatoms. The van der Waals surface area contributed by atoms with Gasteiger partial charge in [-0.05, 0) is 55.2 Å². The minimum Gasteiger partial charge on any atom is -0.416 e. The van der Waals surface area contributed by atoms with Crippen molar-refractivity contribution in [3.05, 3.63) is 69.6 Å². The van der Waals surface area contributed by atoms with Crippen molar-refractivity contribution in [2.75, 3.05) is 11.1 Å². The fourth-order valence-corrected chi connectivity index (χ4v) is 3.21. The molecule has 1 heterocycles. The van der Waals surface area contributed by atoms with Crippen LogP contribution < -0.4 is 5.32 Å². The molecule has 1 aromatic heterocycles. The molecule has 140 valence electrons. The van der Waals surface area contributed by atoms with Crippen molar-refractivity contribution in [1.29, 1.82) is 0 Å². The van der Waals surface area contributed by atoms with Gasteiger partial charge >= 0.3 is 0 Å². The van der Waals surface area contributed by atoms with Gasteiger partial charge in [0.25, 0.3) is 5.22 Å². The summed E-state index contributed by atoms with van der Waals surface area (Å²) in [6.07, 6.45) is 0.572. The smallest absolute Gasteiger partial charge is 0.277 e. The second-order valence-corrected chi connectivity index (χ2v) is 7.69. The first-order chi connectivity index (χ1) is 12.9. The van der Waals surface area contributed by atoms with E-state index in [4.69, 9.17) is 16.0 Å². The Morgan fingerprint density at radius 2 is 1.85 bits per heavy atom. The second-order valence-electron chi connectivity index (χ2n) is 6.36. The van der Waals surface area contributed by atoms with Crippen LogP contribution in [0.5, 0.6) is 0 Å². The number of anilines is 1. The van der Waals surface area contributed by atoms with Gasteiger partial charge in [-0.2, -0.15) is 0 Å². The maximum absolute atomic E-state index is 12.1. The van der Waals surface area contributed by atoms with Crippen molar-refractivity contribution in [3.8, 4) is 0 Å². The number of thioether (sulfide) groups is 1. The van der Waals surface area contributed by atoms with Crippen molar-refractivity contribution >= 4 is 35.0 Å². The molecule has 0 aliphatic carbocycles. The molecular formula is C20H20ClN3O2S. The maximum Gasteiger partial charge on any atom is 0.277 e. The number of nitrogens with one attached hydrogen (secondary N) is 1. The van der Waals surface area contributed by atoms with E-state index in [0.29, 0.717) is 28.2 Å². The summed E-state index contributed by atoms with van der Waals surface area (Å²) in [7, 11) is 0. The summed E-state index contributed by atoms with van der Waals surface area (Å²) in [6.45, 7) is 6.07. The Morgan fingerprint density at radius 3 is 2.59 bits per heavy atom. The van der Waals surface area contributed by atoms with Crippen LogP contribution in [-0.4, -0.2) is 21.9 Å². The highest BCUT2D eigenvalue weighted by Crippen LogP contribution is 2.22. The Balaban J connectivity index is 1.53. The van der Waals surface area contributed by atoms with Gasteiger partial charge in [0, 0.05) is 10.7 Å². The van der Waals surface area contributed by atoms with Crippen LogP contribution in [0.1, 0.15) is 28.1 Å². The lowest BCUT2D eigenvalue weighted by molar-refractivity contribution is -0.113. The molecule has 0 saturated carbocycles. The average molecular weight is 402 g/mol. The van der Waals surface area contributed by atoms with Crippen LogP contribution in [0.25, 0.3) is 0 Å². The molecule has 3 aromatic rings. The largest absolute Gasteiger partial charge is 0.416 e. The van der Waals surface area contributed by atoms with Crippen molar-refractivity contribution in [2.45, 2.75) is 32.4 Å². The highest BCUT2D eigenvalue weighted by molar-refractivity contribution is 7.99. The summed E-state index contributed by atoms with van der Waals surface area (Å²) in [5.74, 6) is 0.553. The molecule has 0 aliphatic rings. The SMILES string of the molecule is Cc1ccc(Cc2nnc(SCC(=O)Nc3ccc(C)c(Cl)c3)o2)cc1C. The van der Waals surface area contributed by atoms with E-state index in [1.54, 1.807) is 6.07 Å². The first-order valence-electron chi connectivity index (χ1n) is 8.48. The Labute approximate surface area is 167 Å². The number of carbonyl (C=O) groups excluding carboxylic acids is 1. The van der Waals surface area contributed by atoms with Gasteiger partial charge in [0.1, 0.15) is 0 Å². The van der Waals surface area contributed by atoms with E-state index in [9.17, 15) is 4.79 Å². The van der Waals surface area contributed by atoms with E-state index < -0.39 is 0 Å². The summed E-state index contributed by atoms with van der Waals surface area (Å²) in [5.41, 5.74) is 5.23. The van der Waals surface area contributed by atoms with Crippen molar-refractivity contribution in [1.82, 2.24) is 10.2 Å². The van der Waals surface area contributed by atoms with Crippen LogP contribution >= 0.6 is 23.4 Å². The standard InChI is InChI=1S/C20H20ClN3O2S/c1-12-4-6-15(8-14(12)3)9-19-23-24-20(26-19)27-11-18(25)22-16-7-5-13(2)17(21)10-16/h4-8,10H,9,11H2,1-3H3,(H,22,25). The van der Waals surface area contributed by atoms with E-state index in [-0.39, 0.29) is 11.7 Å². The number of halogens is 1. The number of amides is 1. The van der Waals surface area contributed by atoms with Gasteiger partial charge < -0.3 is 9.73 Å². The Hall–Kier alpha value is -2.31. The number of hydrogen-bond donors (Lipinski definition) is 1. The zero-order valence-corrected chi connectivity index (χ0v) is 16.9. The molecule has 0 saturated heterocycles. The summed E-state index contributed by atoms with van der Waals surface area (Å²) in [6, 6.07) is 11.7. The Kier molecular flexibility index (Phi) is 6.19. The van der Waals surface area contributed by atoms with Crippen molar-refractivity contribution < 1.29 is 9.21 Å². The third kappa shape index (κ3) is 5.34. The molecule has 1 N–H and O–H groups in total. The number of carbonyl (C=O) groups is 1. The number of nitrogens with zero attached hydrogens (tertiary/aromatic N) is 2. The fourth-order valence-electron chi connectivity index (χ4n) is 2.45. The molecular weight excluding hydrogens is 382 g/mol. The molecule has 0 aliphatic heterocycles. The predicted octanol–water partition coefficient (Wildman–Crippen LogP) is 4.97. The summed E-state index contributed by atoms with van der Waals surface area (Å²) >= 11 is 7.27. The molecule has 0 radical (unpaired) electrons. The third-order valence-corrected chi connectivity index (χ3v) is 5.38. The quantitative estimate of drug-likeness (QED) is 0.590. The molecule has 1 amide bonds. The molecule has 0 atom stereocenters. The van der Waals surface area contributed by atoms with E-state index in [1.807, 2.05) is 19.1 Å². The Morgan fingerprint density at radius 1 is 1.07 bits per heavy atom. The molecule has 27 heavy (non-hydrogen) atoms. The van der Waals surface area contributed by atoms with Gasteiger partial charge in [0.05, 0.1) is 12.2 Å². The molecule has 5 nitrogen and oxygen atoms in total. The molecule has 0 unspecified atom stereocenters. The first kappa shape index (κ1) is 19.5. The van der Waals surface area contributed by atoms with E-state index in [2.05, 4.69) is 47.6 Å². The number of rotatable bonds is 6. The minimum absolute atomic E-state index is 0.158. The van der Waals surface area contributed by atoms with Crippen LogP contribution in [0.4, 0.5) is 5.69 Å². The lowest BCUT2D eigenvalue weighted by Crippen LogP contribution is -2.14. The lowest BCUT2D eigenvalue weighted by atomic mass is 10.0. The second kappa shape index (κ2) is 8.59. The highest BCUT2D eigenvalue weighted by atomic mass is 35.5. The summed E-state index contributed by atoms with van der Waals surface area (Å²) in [4.78, 5) is 12.1. The fraction of sp³-hybridized carbons (Fsp3) is 0.250. The monoisotopic (exact) mass is 401 g/mol. The van der Waals surface area contributed by atoms with Crippen molar-refractivity contribution in [2.24, 2.45) is 0 Å². The van der Waals surface area contributed by atoms with Gasteiger partial charge in [-0.15, -0.1) is 10.2 Å². The zero-order valence-electron chi connectivity index (χ0n) is 15.4. The van der Waals surface area contributed by atoms with E-state index in [1.165, 1.54) is 22.9 Å². The molecule has 0 spiro atoms. The van der Waals surface area contributed by atoms with Crippen LogP contribution in [-0.2, 0) is 11.2 Å². The van der Waals surface area contributed by atoms with Gasteiger partial charge in [-0.25, -0.2) is 0 Å². The van der Waals surface area contributed by atoms with Gasteiger partial charge in [0.2, 0.25) is 11.8 Å². The average Bonchev–Trinajstić information content (AvgIpc) is 3.07. The number of aromatic nitrogens is 2. The molecule has 0 bridgehead atoms. The minimum atomic E-state index is -0.158. The predicted molar refractivity (Wildman–Crippen MR) is 109 cm³/mol. The van der Waals surface area contributed by atoms with Crippen LogP contribution in [0.3, 0.4) is 0 Å². The molecule has 2 aromatic carbocycles. The normalized spacial score (nSPS) is 10.8. The summed E-state index contributed by atoms with van der Waals surface area (Å²) in [5, 5.41) is 11.9. The maximum atomic E-state index is 12.1. The molecule has 3 rings (SSSR count). The zero-order chi connectivity index (χ0) is 19.4. The highest BCUT2D eigenvalue weighted by Gasteiger charge is 2.11. The number of hydrogen-bond acceptors (Lipinski definition) is 5. The summed E-state index contributed by atoms with van der Waals surface area (Å²) < 4.78 is 5.63. The van der Waals surface area contributed by atoms with Crippen molar-refractivity contribution in [3.63, 3.8) is 0 Å². The number of aryl methyl sites for hydroxylation is 3. The van der Waals surface area contributed by atoms with Crippen LogP contribution in [0.2, 0.25) is 5.02 Å². The van der Waals surface area contributed by atoms with E-state index in [0.717, 1.165) is 11.1 Å². The van der Waals surface area contributed by atoms with Crippen LogP contribution in [0, 0.1) is 20.8 Å². The van der Waals surface area contributed by atoms with E-state index >= 15 is 0 Å². The van der Waals surface area contributed by atoms with Gasteiger partial charge in [0.15, 0.2) is 0 Å². The molecule has 0 fully saturated rings. The first-order valence-corrected chi connectivity index (χ1v) is 9.84. The van der Waals surface area contributed by atoms with Crippen LogP contribution in [0.15, 0.2) is 46.0 Å². The lowest BCUT2D eigenvalue weighted by Gasteiger charge is -2.05. The third-order valence-electron chi connectivity index (χ3n) is 4.16. The van der Waals surface area contributed by atoms with Gasteiger partial charge in [-0.3, -0.25) is 4.79 Å². The topological polar surface area (TPSA) is 68.0 Å².